The van der Waals surface area contributed by atoms with Crippen LogP contribution in [-0.4, -0.2) is 18.0 Å². The number of anilines is 2. The molecule has 1 aromatic heterocycles. The number of hydrogen-bond acceptors (Lipinski definition) is 4. The van der Waals surface area contributed by atoms with E-state index in [9.17, 15) is 9.18 Å². The van der Waals surface area contributed by atoms with E-state index >= 15 is 0 Å². The van der Waals surface area contributed by atoms with E-state index in [2.05, 4.69) is 10.3 Å². The molecule has 0 saturated carbocycles. The predicted molar refractivity (Wildman–Crippen MR) is 102 cm³/mol. The number of pyridine rings is 1. The highest BCUT2D eigenvalue weighted by atomic mass is 35.5. The largest absolute Gasteiger partial charge is 0.497 e. The average Bonchev–Trinajstić information content (AvgIpc) is 2.97. The number of benzene rings is 2. The number of nitrogens with one attached hydrogen (secondary N) is 1. The van der Waals surface area contributed by atoms with Gasteiger partial charge in [-0.15, -0.1) is 0 Å². The van der Waals surface area contributed by atoms with Crippen molar-refractivity contribution in [1.82, 2.24) is 4.98 Å². The van der Waals surface area contributed by atoms with Crippen molar-refractivity contribution in [3.63, 3.8) is 0 Å². The van der Waals surface area contributed by atoms with Gasteiger partial charge in [-0.3, -0.25) is 14.7 Å². The highest BCUT2D eigenvalue weighted by molar-refractivity contribution is 6.31. The summed E-state index contributed by atoms with van der Waals surface area (Å²) in [5.74, 6) is -0.0576. The normalized spacial score (nSPS) is 15.6. The molecular formula is C20H15ClFN3O2. The van der Waals surface area contributed by atoms with Crippen molar-refractivity contribution in [2.24, 2.45) is 0 Å². The Hall–Kier alpha value is -3.12. The Labute approximate surface area is 160 Å². The van der Waals surface area contributed by atoms with Crippen molar-refractivity contribution in [2.75, 3.05) is 17.3 Å². The van der Waals surface area contributed by atoms with Gasteiger partial charge in [0.05, 0.1) is 29.1 Å². The molecule has 0 radical (unpaired) electrons. The maximum Gasteiger partial charge on any atom is 0.262 e. The summed E-state index contributed by atoms with van der Waals surface area (Å²) < 4.78 is 18.8. The van der Waals surface area contributed by atoms with Gasteiger partial charge in [0.1, 0.15) is 11.6 Å². The van der Waals surface area contributed by atoms with Gasteiger partial charge in [-0.05, 0) is 42.5 Å². The lowest BCUT2D eigenvalue weighted by molar-refractivity contribution is 0.0993. The zero-order valence-electron chi connectivity index (χ0n) is 14.3. The first kappa shape index (κ1) is 17.3. The van der Waals surface area contributed by atoms with Crippen LogP contribution >= 0.6 is 11.6 Å². The quantitative estimate of drug-likeness (QED) is 0.712. The zero-order chi connectivity index (χ0) is 19.0. The molecule has 1 aliphatic rings. The van der Waals surface area contributed by atoms with E-state index < -0.39 is 12.0 Å². The summed E-state index contributed by atoms with van der Waals surface area (Å²) in [6.45, 7) is 0. The minimum atomic E-state index is -0.567. The van der Waals surface area contributed by atoms with Gasteiger partial charge in [-0.1, -0.05) is 17.7 Å². The molecule has 0 fully saturated rings. The van der Waals surface area contributed by atoms with E-state index in [0.29, 0.717) is 28.4 Å². The minimum Gasteiger partial charge on any atom is -0.497 e. The number of halogens is 2. The molecule has 2 heterocycles. The van der Waals surface area contributed by atoms with Crippen LogP contribution in [0.15, 0.2) is 60.8 Å². The van der Waals surface area contributed by atoms with Crippen LogP contribution in [-0.2, 0) is 0 Å². The molecule has 27 heavy (non-hydrogen) atoms. The number of ether oxygens (including phenoxy) is 1. The Bertz CT molecular complexity index is 1030. The number of carbonyl (C=O) groups is 1. The second-order valence-corrected chi connectivity index (χ2v) is 6.40. The van der Waals surface area contributed by atoms with Gasteiger partial charge in [0.2, 0.25) is 0 Å². The van der Waals surface area contributed by atoms with Gasteiger partial charge < -0.3 is 10.1 Å². The molecule has 0 unspecified atom stereocenters. The number of carbonyl (C=O) groups excluding carboxylic acids is 1. The molecule has 0 bridgehead atoms. The molecule has 1 aliphatic heterocycles. The lowest BCUT2D eigenvalue weighted by Crippen LogP contribution is -2.32. The Kier molecular flexibility index (Phi) is 4.41. The summed E-state index contributed by atoms with van der Waals surface area (Å²) in [6, 6.07) is 15.0. The van der Waals surface area contributed by atoms with Crippen LogP contribution in [0.25, 0.3) is 0 Å². The van der Waals surface area contributed by atoms with E-state index in [1.807, 2.05) is 12.1 Å². The van der Waals surface area contributed by atoms with E-state index in [0.717, 1.165) is 0 Å². The first-order valence-corrected chi connectivity index (χ1v) is 8.60. The van der Waals surface area contributed by atoms with Crippen molar-refractivity contribution in [2.45, 2.75) is 6.17 Å². The summed E-state index contributed by atoms with van der Waals surface area (Å²) in [4.78, 5) is 19.0. The van der Waals surface area contributed by atoms with E-state index in [1.165, 1.54) is 12.1 Å². The molecule has 4 rings (SSSR count). The van der Waals surface area contributed by atoms with Gasteiger partial charge in [0.15, 0.2) is 6.17 Å². The fourth-order valence-corrected chi connectivity index (χ4v) is 3.27. The zero-order valence-corrected chi connectivity index (χ0v) is 15.1. The number of methoxy groups -OCH3 is 1. The highest BCUT2D eigenvalue weighted by Crippen LogP contribution is 2.38. The number of rotatable bonds is 4. The predicted octanol–water partition coefficient (Wildman–Crippen LogP) is 4.65. The van der Waals surface area contributed by atoms with E-state index in [1.54, 1.807) is 48.5 Å². The van der Waals surface area contributed by atoms with Crippen LogP contribution in [0.5, 0.6) is 5.75 Å². The molecule has 0 spiro atoms. The average molecular weight is 384 g/mol. The summed E-state index contributed by atoms with van der Waals surface area (Å²) in [7, 11) is 1.57. The third-order valence-corrected chi connectivity index (χ3v) is 4.65. The second-order valence-electron chi connectivity index (χ2n) is 5.99. The topological polar surface area (TPSA) is 54.5 Å². The maximum atomic E-state index is 13.5. The van der Waals surface area contributed by atoms with E-state index in [4.69, 9.17) is 16.3 Å². The number of fused-ring (bicyclic) bond motifs is 1. The summed E-state index contributed by atoms with van der Waals surface area (Å²) in [5.41, 5.74) is 2.32. The van der Waals surface area contributed by atoms with Crippen LogP contribution in [0, 0.1) is 5.82 Å². The Morgan fingerprint density at radius 1 is 1.19 bits per heavy atom. The van der Waals surface area contributed by atoms with Crippen LogP contribution in [0.4, 0.5) is 15.8 Å². The van der Waals surface area contributed by atoms with Crippen LogP contribution < -0.4 is 15.0 Å². The number of hydrogen-bond donors (Lipinski definition) is 1. The summed E-state index contributed by atoms with van der Waals surface area (Å²) in [6.07, 6.45) is 1.07. The molecule has 3 aromatic rings. The molecule has 7 heteroatoms. The Morgan fingerprint density at radius 3 is 2.81 bits per heavy atom. The Morgan fingerprint density at radius 2 is 2.04 bits per heavy atom. The van der Waals surface area contributed by atoms with Crippen LogP contribution in [0.2, 0.25) is 5.02 Å². The molecule has 1 amide bonds. The number of aromatic nitrogens is 1. The molecule has 5 nitrogen and oxygen atoms in total. The van der Waals surface area contributed by atoms with Crippen molar-refractivity contribution < 1.29 is 13.9 Å². The van der Waals surface area contributed by atoms with Crippen molar-refractivity contribution in [3.8, 4) is 5.75 Å². The van der Waals surface area contributed by atoms with Crippen LogP contribution in [0.3, 0.4) is 0 Å². The third-order valence-electron chi connectivity index (χ3n) is 4.36. The number of nitrogens with zero attached hydrogens (tertiary/aromatic N) is 2. The molecule has 1 N–H and O–H groups in total. The summed E-state index contributed by atoms with van der Waals surface area (Å²) >= 11 is 5.89. The first-order valence-electron chi connectivity index (χ1n) is 8.22. The minimum absolute atomic E-state index is 0.00139. The standard InChI is InChI=1S/C20H15ClFN3O2/c1-27-14-5-2-4-13(11-14)25-19(18-15(20(25)26)6-3-9-23-18)24-12-7-8-17(22)16(21)10-12/h2-11,19,24H,1H3/t19-/m0/s1. The van der Waals surface area contributed by atoms with E-state index in [-0.39, 0.29) is 10.9 Å². The fraction of sp³-hybridized carbons (Fsp3) is 0.100. The first-order chi connectivity index (χ1) is 13.1. The number of amides is 1. The molecular weight excluding hydrogens is 369 g/mol. The molecule has 0 aliphatic carbocycles. The van der Waals surface area contributed by atoms with Gasteiger partial charge in [0.25, 0.3) is 5.91 Å². The smallest absolute Gasteiger partial charge is 0.262 e. The molecule has 136 valence electrons. The highest BCUT2D eigenvalue weighted by Gasteiger charge is 2.39. The third kappa shape index (κ3) is 3.08. The van der Waals surface area contributed by atoms with Crippen molar-refractivity contribution in [3.05, 3.63) is 82.9 Å². The van der Waals surface area contributed by atoms with Gasteiger partial charge in [0, 0.05) is 18.0 Å². The lowest BCUT2D eigenvalue weighted by atomic mass is 10.2. The van der Waals surface area contributed by atoms with Gasteiger partial charge >= 0.3 is 0 Å². The molecule has 1 atom stereocenters. The maximum absolute atomic E-state index is 13.5. The lowest BCUT2D eigenvalue weighted by Gasteiger charge is -2.27. The van der Waals surface area contributed by atoms with Gasteiger partial charge in [-0.2, -0.15) is 0 Å². The van der Waals surface area contributed by atoms with Crippen LogP contribution in [0.1, 0.15) is 22.2 Å². The summed E-state index contributed by atoms with van der Waals surface area (Å²) in [5, 5.41) is 3.23. The molecule has 2 aromatic carbocycles. The SMILES string of the molecule is COc1cccc(N2C(=O)c3cccnc3[C@H]2Nc2ccc(F)c(Cl)c2)c1. The monoisotopic (exact) mass is 383 g/mol. The van der Waals surface area contributed by atoms with Crippen molar-refractivity contribution >= 4 is 28.9 Å². The van der Waals surface area contributed by atoms with Crippen molar-refractivity contribution in [1.29, 1.82) is 0 Å². The Balaban J connectivity index is 1.78. The second kappa shape index (κ2) is 6.89. The van der Waals surface area contributed by atoms with Gasteiger partial charge in [-0.25, -0.2) is 4.39 Å². The molecule has 0 saturated heterocycles. The fourth-order valence-electron chi connectivity index (χ4n) is 3.09.